The van der Waals surface area contributed by atoms with E-state index in [0.29, 0.717) is 12.1 Å². The van der Waals surface area contributed by atoms with E-state index in [-0.39, 0.29) is 5.91 Å². The molecule has 0 bridgehead atoms. The van der Waals surface area contributed by atoms with Gasteiger partial charge in [-0.3, -0.25) is 9.78 Å². The number of benzene rings is 1. The van der Waals surface area contributed by atoms with Gasteiger partial charge in [0, 0.05) is 18.9 Å². The summed E-state index contributed by atoms with van der Waals surface area (Å²) in [7, 11) is 0. The monoisotopic (exact) mass is 266 g/mol. The van der Waals surface area contributed by atoms with Crippen LogP contribution in [0.5, 0.6) is 0 Å². The Labute approximate surface area is 119 Å². The Morgan fingerprint density at radius 2 is 2.10 bits per heavy atom. The largest absolute Gasteiger partial charge is 0.352 e. The number of rotatable bonds is 4. The zero-order valence-electron chi connectivity index (χ0n) is 11.4. The van der Waals surface area contributed by atoms with Crippen LogP contribution in [-0.2, 0) is 19.3 Å². The van der Waals surface area contributed by atoms with Crippen molar-refractivity contribution in [2.24, 2.45) is 0 Å². The summed E-state index contributed by atoms with van der Waals surface area (Å²) in [6, 6.07) is 10.3. The summed E-state index contributed by atoms with van der Waals surface area (Å²) in [5.41, 5.74) is 4.90. The summed E-state index contributed by atoms with van der Waals surface area (Å²) < 4.78 is 0. The number of nitrogens with one attached hydrogen (secondary N) is 1. The summed E-state index contributed by atoms with van der Waals surface area (Å²) in [5, 5.41) is 2.94. The highest BCUT2D eigenvalue weighted by Crippen LogP contribution is 2.22. The standard InChI is InChI=1S/C17H18N2O/c20-17(16-5-2-9-18-12-16)19-10-8-13-6-7-14-3-1-4-15(14)11-13/h2,5-7,9,11-12H,1,3-4,8,10H2,(H,19,20). The second-order valence-electron chi connectivity index (χ2n) is 5.20. The average Bonchev–Trinajstić information content (AvgIpc) is 2.95. The van der Waals surface area contributed by atoms with E-state index in [0.717, 1.165) is 6.42 Å². The van der Waals surface area contributed by atoms with Crippen molar-refractivity contribution in [1.82, 2.24) is 10.3 Å². The quantitative estimate of drug-likeness (QED) is 0.924. The Balaban J connectivity index is 1.54. The molecule has 0 fully saturated rings. The summed E-state index contributed by atoms with van der Waals surface area (Å²) in [6.07, 6.45) is 7.82. The second-order valence-corrected chi connectivity index (χ2v) is 5.20. The number of carbonyl (C=O) groups is 1. The molecule has 3 nitrogen and oxygen atoms in total. The Kier molecular flexibility index (Phi) is 3.77. The van der Waals surface area contributed by atoms with Gasteiger partial charge in [-0.15, -0.1) is 0 Å². The van der Waals surface area contributed by atoms with Crippen molar-refractivity contribution in [2.75, 3.05) is 6.54 Å². The van der Waals surface area contributed by atoms with E-state index in [2.05, 4.69) is 28.5 Å². The highest BCUT2D eigenvalue weighted by Gasteiger charge is 2.10. The third kappa shape index (κ3) is 2.87. The van der Waals surface area contributed by atoms with E-state index < -0.39 is 0 Å². The SMILES string of the molecule is O=C(NCCc1ccc2c(c1)CCC2)c1cccnc1. The van der Waals surface area contributed by atoms with Crippen LogP contribution >= 0.6 is 0 Å². The number of hydrogen-bond acceptors (Lipinski definition) is 2. The minimum atomic E-state index is -0.0562. The Morgan fingerprint density at radius 1 is 1.20 bits per heavy atom. The van der Waals surface area contributed by atoms with Crippen LogP contribution in [0.1, 0.15) is 33.5 Å². The summed E-state index contributed by atoms with van der Waals surface area (Å²) >= 11 is 0. The van der Waals surface area contributed by atoms with Gasteiger partial charge < -0.3 is 5.32 Å². The van der Waals surface area contributed by atoms with Crippen LogP contribution in [0.25, 0.3) is 0 Å². The van der Waals surface area contributed by atoms with Crippen molar-refractivity contribution in [3.05, 3.63) is 65.0 Å². The molecule has 0 spiro atoms. The zero-order chi connectivity index (χ0) is 13.8. The van der Waals surface area contributed by atoms with E-state index >= 15 is 0 Å². The highest BCUT2D eigenvalue weighted by molar-refractivity contribution is 5.93. The molecule has 0 radical (unpaired) electrons. The lowest BCUT2D eigenvalue weighted by Gasteiger charge is -2.07. The van der Waals surface area contributed by atoms with Crippen LogP contribution in [0.2, 0.25) is 0 Å². The van der Waals surface area contributed by atoms with Crippen molar-refractivity contribution in [2.45, 2.75) is 25.7 Å². The van der Waals surface area contributed by atoms with Crippen molar-refractivity contribution >= 4 is 5.91 Å². The van der Waals surface area contributed by atoms with Gasteiger partial charge in [-0.2, -0.15) is 0 Å². The van der Waals surface area contributed by atoms with Crippen molar-refractivity contribution < 1.29 is 4.79 Å². The van der Waals surface area contributed by atoms with Crippen LogP contribution in [0, 0.1) is 0 Å². The number of fused-ring (bicyclic) bond motifs is 1. The molecule has 3 rings (SSSR count). The minimum Gasteiger partial charge on any atom is -0.352 e. The molecule has 20 heavy (non-hydrogen) atoms. The van der Waals surface area contributed by atoms with Gasteiger partial charge >= 0.3 is 0 Å². The number of amides is 1. The van der Waals surface area contributed by atoms with E-state index in [1.165, 1.54) is 36.0 Å². The first-order valence-electron chi connectivity index (χ1n) is 7.12. The lowest BCUT2D eigenvalue weighted by atomic mass is 10.0. The highest BCUT2D eigenvalue weighted by atomic mass is 16.1. The third-order valence-electron chi connectivity index (χ3n) is 3.79. The molecule has 0 aliphatic heterocycles. The van der Waals surface area contributed by atoms with E-state index in [1.807, 2.05) is 0 Å². The Morgan fingerprint density at radius 3 is 2.95 bits per heavy atom. The van der Waals surface area contributed by atoms with Crippen LogP contribution in [0.4, 0.5) is 0 Å². The molecule has 1 aliphatic carbocycles. The molecule has 1 aliphatic rings. The first kappa shape index (κ1) is 12.9. The Bertz CT molecular complexity index is 608. The maximum atomic E-state index is 11.9. The van der Waals surface area contributed by atoms with Gasteiger partial charge in [0.2, 0.25) is 0 Å². The van der Waals surface area contributed by atoms with Gasteiger partial charge in [0.1, 0.15) is 0 Å². The number of aryl methyl sites for hydroxylation is 2. The van der Waals surface area contributed by atoms with E-state index in [9.17, 15) is 4.79 Å². The molecule has 1 heterocycles. The second kappa shape index (κ2) is 5.87. The molecular weight excluding hydrogens is 248 g/mol. The Hall–Kier alpha value is -2.16. The number of carbonyl (C=O) groups excluding carboxylic acids is 1. The molecule has 1 aromatic carbocycles. The van der Waals surface area contributed by atoms with Crippen molar-refractivity contribution in [3.63, 3.8) is 0 Å². The van der Waals surface area contributed by atoms with Gasteiger partial charge in [0.25, 0.3) is 5.91 Å². The molecule has 1 aromatic heterocycles. The number of nitrogens with zero attached hydrogens (tertiary/aromatic N) is 1. The smallest absolute Gasteiger partial charge is 0.252 e. The predicted octanol–water partition coefficient (Wildman–Crippen LogP) is 2.54. The van der Waals surface area contributed by atoms with Crippen LogP contribution in [-0.4, -0.2) is 17.4 Å². The van der Waals surface area contributed by atoms with Gasteiger partial charge in [-0.1, -0.05) is 18.2 Å². The first-order valence-corrected chi connectivity index (χ1v) is 7.12. The maximum Gasteiger partial charge on any atom is 0.252 e. The van der Waals surface area contributed by atoms with E-state index in [1.54, 1.807) is 24.5 Å². The van der Waals surface area contributed by atoms with Gasteiger partial charge in [0.05, 0.1) is 5.56 Å². The maximum absolute atomic E-state index is 11.9. The summed E-state index contributed by atoms with van der Waals surface area (Å²) in [4.78, 5) is 15.8. The van der Waals surface area contributed by atoms with Gasteiger partial charge in [0.15, 0.2) is 0 Å². The molecule has 0 saturated carbocycles. The summed E-state index contributed by atoms with van der Waals surface area (Å²) in [6.45, 7) is 0.659. The fourth-order valence-corrected chi connectivity index (χ4v) is 2.70. The fraction of sp³-hybridized carbons (Fsp3) is 0.294. The van der Waals surface area contributed by atoms with Crippen molar-refractivity contribution in [1.29, 1.82) is 0 Å². The van der Waals surface area contributed by atoms with Gasteiger partial charge in [-0.05, 0) is 54.5 Å². The number of hydrogen-bond donors (Lipinski definition) is 1. The molecule has 0 saturated heterocycles. The minimum absolute atomic E-state index is 0.0562. The molecule has 0 unspecified atom stereocenters. The molecular formula is C17H18N2O. The predicted molar refractivity (Wildman–Crippen MR) is 78.7 cm³/mol. The molecule has 1 N–H and O–H groups in total. The molecule has 102 valence electrons. The normalized spacial score (nSPS) is 13.0. The lowest BCUT2D eigenvalue weighted by molar-refractivity contribution is 0.0954. The molecule has 1 amide bonds. The summed E-state index contributed by atoms with van der Waals surface area (Å²) in [5.74, 6) is -0.0562. The lowest BCUT2D eigenvalue weighted by Crippen LogP contribution is -2.25. The first-order chi connectivity index (χ1) is 9.83. The number of aromatic nitrogens is 1. The van der Waals surface area contributed by atoms with Crippen molar-refractivity contribution in [3.8, 4) is 0 Å². The number of pyridine rings is 1. The average molecular weight is 266 g/mol. The van der Waals surface area contributed by atoms with Gasteiger partial charge in [-0.25, -0.2) is 0 Å². The molecule has 2 aromatic rings. The third-order valence-corrected chi connectivity index (χ3v) is 3.79. The van der Waals surface area contributed by atoms with Crippen LogP contribution in [0.3, 0.4) is 0 Å². The zero-order valence-corrected chi connectivity index (χ0v) is 11.4. The van der Waals surface area contributed by atoms with E-state index in [4.69, 9.17) is 0 Å². The fourth-order valence-electron chi connectivity index (χ4n) is 2.70. The topological polar surface area (TPSA) is 42.0 Å². The molecule has 3 heteroatoms. The van der Waals surface area contributed by atoms with Crippen LogP contribution < -0.4 is 5.32 Å². The molecule has 0 atom stereocenters. The van der Waals surface area contributed by atoms with Crippen LogP contribution in [0.15, 0.2) is 42.7 Å².